The number of aryl methyl sites for hydroxylation is 2. The first-order valence-corrected chi connectivity index (χ1v) is 7.27. The zero-order chi connectivity index (χ0) is 15.0. The molecule has 0 radical (unpaired) electrons. The highest BCUT2D eigenvalue weighted by Gasteiger charge is 2.14. The fourth-order valence-corrected chi connectivity index (χ4v) is 2.73. The molecule has 106 valence electrons. The van der Waals surface area contributed by atoms with E-state index in [1.54, 1.807) is 4.68 Å². The van der Waals surface area contributed by atoms with Gasteiger partial charge in [-0.1, -0.05) is 22.0 Å². The van der Waals surface area contributed by atoms with Crippen LogP contribution in [0.2, 0.25) is 0 Å². The van der Waals surface area contributed by atoms with E-state index in [0.29, 0.717) is 11.5 Å². The highest BCUT2D eigenvalue weighted by molar-refractivity contribution is 9.10. The predicted molar refractivity (Wildman–Crippen MR) is 86.2 cm³/mol. The van der Waals surface area contributed by atoms with Crippen LogP contribution in [-0.4, -0.2) is 20.2 Å². The fraction of sp³-hybridized carbons (Fsp3) is 0.133. The Labute approximate surface area is 130 Å². The summed E-state index contributed by atoms with van der Waals surface area (Å²) in [6.07, 6.45) is 0. The van der Waals surface area contributed by atoms with Gasteiger partial charge in [0.1, 0.15) is 0 Å². The molecule has 0 aliphatic rings. The number of hydrogen-bond acceptors (Lipinski definition) is 4. The molecule has 3 aromatic rings. The van der Waals surface area contributed by atoms with Gasteiger partial charge < -0.3 is 5.73 Å². The Balaban J connectivity index is 2.19. The second-order valence-electron chi connectivity index (χ2n) is 4.92. The standard InChI is InChI=1S/C15H14BrN5/c1-9-3-5-12(17)8-13(9)15-18-19-20-21(15)14-6-4-11(16)7-10(14)2/h3-8H,17H2,1-2H3. The van der Waals surface area contributed by atoms with E-state index in [1.807, 2.05) is 50.2 Å². The second-order valence-corrected chi connectivity index (χ2v) is 5.84. The Morgan fingerprint density at radius 2 is 1.86 bits per heavy atom. The van der Waals surface area contributed by atoms with Crippen LogP contribution < -0.4 is 5.73 Å². The average molecular weight is 344 g/mol. The number of halogens is 1. The van der Waals surface area contributed by atoms with Gasteiger partial charge >= 0.3 is 0 Å². The molecule has 2 aromatic carbocycles. The number of nitrogens with zero attached hydrogens (tertiary/aromatic N) is 4. The van der Waals surface area contributed by atoms with Crippen LogP contribution in [0.4, 0.5) is 5.69 Å². The van der Waals surface area contributed by atoms with Gasteiger partial charge in [-0.05, 0) is 65.7 Å². The van der Waals surface area contributed by atoms with E-state index < -0.39 is 0 Å². The zero-order valence-corrected chi connectivity index (χ0v) is 13.3. The molecule has 21 heavy (non-hydrogen) atoms. The van der Waals surface area contributed by atoms with Crippen LogP contribution in [0.3, 0.4) is 0 Å². The molecule has 0 aliphatic carbocycles. The molecule has 5 nitrogen and oxygen atoms in total. The van der Waals surface area contributed by atoms with E-state index in [0.717, 1.165) is 26.9 Å². The molecule has 0 unspecified atom stereocenters. The Morgan fingerprint density at radius 3 is 2.62 bits per heavy atom. The normalized spacial score (nSPS) is 10.8. The Morgan fingerprint density at radius 1 is 1.05 bits per heavy atom. The molecule has 1 aromatic heterocycles. The van der Waals surface area contributed by atoms with Crippen LogP contribution >= 0.6 is 15.9 Å². The largest absolute Gasteiger partial charge is 0.399 e. The molecule has 0 spiro atoms. The van der Waals surface area contributed by atoms with E-state index in [9.17, 15) is 0 Å². The predicted octanol–water partition coefficient (Wildman–Crippen LogP) is 3.29. The van der Waals surface area contributed by atoms with Gasteiger partial charge in [-0.15, -0.1) is 5.10 Å². The van der Waals surface area contributed by atoms with Crippen molar-refractivity contribution in [2.75, 3.05) is 5.73 Å². The number of tetrazole rings is 1. The molecular formula is C15H14BrN5. The Bertz CT molecular complexity index is 810. The van der Waals surface area contributed by atoms with Crippen LogP contribution in [-0.2, 0) is 0 Å². The summed E-state index contributed by atoms with van der Waals surface area (Å²) in [5, 5.41) is 12.1. The van der Waals surface area contributed by atoms with Gasteiger partial charge in [0.2, 0.25) is 0 Å². The van der Waals surface area contributed by atoms with Gasteiger partial charge in [-0.3, -0.25) is 0 Å². The monoisotopic (exact) mass is 343 g/mol. The SMILES string of the molecule is Cc1ccc(N)cc1-c1nnnn1-c1ccc(Br)cc1C. The maximum atomic E-state index is 5.89. The number of aromatic nitrogens is 4. The summed E-state index contributed by atoms with van der Waals surface area (Å²) >= 11 is 3.47. The molecule has 0 atom stereocenters. The van der Waals surface area contributed by atoms with Gasteiger partial charge in [-0.25, -0.2) is 0 Å². The van der Waals surface area contributed by atoms with Crippen molar-refractivity contribution >= 4 is 21.6 Å². The number of nitrogen functional groups attached to an aromatic ring is 1. The summed E-state index contributed by atoms with van der Waals surface area (Å²) < 4.78 is 2.77. The zero-order valence-electron chi connectivity index (χ0n) is 11.7. The highest BCUT2D eigenvalue weighted by atomic mass is 79.9. The Kier molecular flexibility index (Phi) is 3.47. The van der Waals surface area contributed by atoms with Crippen molar-refractivity contribution in [2.24, 2.45) is 0 Å². The minimum absolute atomic E-state index is 0.685. The van der Waals surface area contributed by atoms with Crippen LogP contribution in [0.5, 0.6) is 0 Å². The molecule has 0 fully saturated rings. The topological polar surface area (TPSA) is 69.6 Å². The van der Waals surface area contributed by atoms with E-state index in [4.69, 9.17) is 5.73 Å². The molecule has 0 bridgehead atoms. The summed E-state index contributed by atoms with van der Waals surface area (Å²) in [6.45, 7) is 4.04. The maximum absolute atomic E-state index is 5.89. The first-order valence-electron chi connectivity index (χ1n) is 6.47. The van der Waals surface area contributed by atoms with E-state index in [2.05, 4.69) is 31.5 Å². The van der Waals surface area contributed by atoms with Crippen molar-refractivity contribution in [3.05, 3.63) is 52.0 Å². The molecule has 3 rings (SSSR count). The highest BCUT2D eigenvalue weighted by Crippen LogP contribution is 2.27. The third-order valence-electron chi connectivity index (χ3n) is 3.36. The molecule has 0 aliphatic heterocycles. The molecule has 6 heteroatoms. The van der Waals surface area contributed by atoms with Crippen LogP contribution in [0, 0.1) is 13.8 Å². The summed E-state index contributed by atoms with van der Waals surface area (Å²) in [5.74, 6) is 0.685. The van der Waals surface area contributed by atoms with Gasteiger partial charge in [-0.2, -0.15) is 4.68 Å². The minimum Gasteiger partial charge on any atom is -0.399 e. The van der Waals surface area contributed by atoms with Crippen LogP contribution in [0.1, 0.15) is 11.1 Å². The van der Waals surface area contributed by atoms with Gasteiger partial charge in [0.25, 0.3) is 0 Å². The summed E-state index contributed by atoms with van der Waals surface area (Å²) in [4.78, 5) is 0. The minimum atomic E-state index is 0.685. The van der Waals surface area contributed by atoms with Gasteiger partial charge in [0.15, 0.2) is 5.82 Å². The lowest BCUT2D eigenvalue weighted by atomic mass is 10.1. The van der Waals surface area contributed by atoms with Crippen molar-refractivity contribution < 1.29 is 0 Å². The lowest BCUT2D eigenvalue weighted by Gasteiger charge is -2.10. The maximum Gasteiger partial charge on any atom is 0.187 e. The fourth-order valence-electron chi connectivity index (χ4n) is 2.25. The van der Waals surface area contributed by atoms with Crippen LogP contribution in [0.25, 0.3) is 17.1 Å². The second kappa shape index (κ2) is 5.29. The van der Waals surface area contributed by atoms with Crippen molar-refractivity contribution in [3.63, 3.8) is 0 Å². The molecule has 0 amide bonds. The first-order chi connectivity index (χ1) is 10.1. The van der Waals surface area contributed by atoms with Crippen molar-refractivity contribution in [2.45, 2.75) is 13.8 Å². The molecule has 2 N–H and O–H groups in total. The van der Waals surface area contributed by atoms with E-state index in [-0.39, 0.29) is 0 Å². The number of nitrogens with two attached hydrogens (primary N) is 1. The van der Waals surface area contributed by atoms with Crippen LogP contribution in [0.15, 0.2) is 40.9 Å². The third kappa shape index (κ3) is 2.54. The lowest BCUT2D eigenvalue weighted by Crippen LogP contribution is -2.03. The lowest BCUT2D eigenvalue weighted by molar-refractivity contribution is 0.787. The molecule has 0 saturated carbocycles. The number of rotatable bonds is 2. The van der Waals surface area contributed by atoms with Crippen molar-refractivity contribution in [3.8, 4) is 17.1 Å². The van der Waals surface area contributed by atoms with Crippen molar-refractivity contribution in [1.82, 2.24) is 20.2 Å². The van der Waals surface area contributed by atoms with Crippen molar-refractivity contribution in [1.29, 1.82) is 0 Å². The Hall–Kier alpha value is -2.21. The summed E-state index contributed by atoms with van der Waals surface area (Å²) in [5.41, 5.74) is 10.6. The number of benzene rings is 2. The molecular weight excluding hydrogens is 330 g/mol. The van der Waals surface area contributed by atoms with Gasteiger partial charge in [0, 0.05) is 15.7 Å². The van der Waals surface area contributed by atoms with E-state index in [1.165, 1.54) is 0 Å². The quantitative estimate of drug-likeness (QED) is 0.725. The summed E-state index contributed by atoms with van der Waals surface area (Å²) in [7, 11) is 0. The van der Waals surface area contributed by atoms with E-state index >= 15 is 0 Å². The third-order valence-corrected chi connectivity index (χ3v) is 3.85. The first kappa shape index (κ1) is 13.8. The summed E-state index contributed by atoms with van der Waals surface area (Å²) in [6, 6.07) is 11.7. The smallest absolute Gasteiger partial charge is 0.187 e. The molecule has 1 heterocycles. The number of hydrogen-bond donors (Lipinski definition) is 1. The molecule has 0 saturated heterocycles. The number of anilines is 1. The average Bonchev–Trinajstić information content (AvgIpc) is 2.90. The van der Waals surface area contributed by atoms with Gasteiger partial charge in [0.05, 0.1) is 5.69 Å².